The maximum absolute atomic E-state index is 11.8. The van der Waals surface area contributed by atoms with Crippen LogP contribution in [0.15, 0.2) is 30.6 Å². The van der Waals surface area contributed by atoms with Crippen molar-refractivity contribution in [3.63, 3.8) is 0 Å². The molecule has 0 bridgehead atoms. The van der Waals surface area contributed by atoms with Crippen LogP contribution in [-0.4, -0.2) is 50.1 Å². The van der Waals surface area contributed by atoms with E-state index in [1.165, 1.54) is 6.33 Å². The number of hydrogen-bond acceptors (Lipinski definition) is 7. The average Bonchev–Trinajstić information content (AvgIpc) is 3.34. The monoisotopic (exact) mass is 451 g/mol. The molecule has 0 unspecified atom stereocenters. The number of aryl methyl sites for hydroxylation is 1. The fourth-order valence-corrected chi connectivity index (χ4v) is 3.69. The van der Waals surface area contributed by atoms with Crippen molar-refractivity contribution in [1.82, 2.24) is 30.0 Å². The molecule has 1 aromatic carbocycles. The summed E-state index contributed by atoms with van der Waals surface area (Å²) >= 11 is 0. The molecule has 0 aliphatic rings. The number of ether oxygens (including phenoxy) is 2. The third kappa shape index (κ3) is 4.84. The van der Waals surface area contributed by atoms with Crippen molar-refractivity contribution >= 4 is 33.8 Å². The number of nitrogens with one attached hydrogen (secondary N) is 2. The number of alkyl carbamates (subject to hydrolysis) is 1. The third-order valence-corrected chi connectivity index (χ3v) is 5.12. The number of para-hydroxylation sites is 1. The van der Waals surface area contributed by atoms with Crippen molar-refractivity contribution < 1.29 is 14.3 Å². The van der Waals surface area contributed by atoms with E-state index in [-0.39, 0.29) is 0 Å². The summed E-state index contributed by atoms with van der Waals surface area (Å²) in [5.74, 6) is 1.13. The minimum atomic E-state index is -0.513. The maximum atomic E-state index is 11.8. The normalized spacial score (nSPS) is 11.8. The molecule has 1 amide bonds. The van der Waals surface area contributed by atoms with Gasteiger partial charge >= 0.3 is 6.09 Å². The summed E-state index contributed by atoms with van der Waals surface area (Å²) in [6, 6.07) is 7.87. The van der Waals surface area contributed by atoms with Crippen molar-refractivity contribution in [3.8, 4) is 17.1 Å². The Morgan fingerprint density at radius 1 is 1.24 bits per heavy atom. The number of H-pyrrole nitrogens is 1. The van der Waals surface area contributed by atoms with Gasteiger partial charge in [-0.3, -0.25) is 0 Å². The van der Waals surface area contributed by atoms with E-state index >= 15 is 0 Å². The highest BCUT2D eigenvalue weighted by Crippen LogP contribution is 2.34. The number of benzene rings is 1. The number of nitrogens with zero attached hydrogens (tertiary/aromatic N) is 4. The van der Waals surface area contributed by atoms with Crippen molar-refractivity contribution in [2.45, 2.75) is 45.8 Å². The minimum absolute atomic E-state index is 0.374. The van der Waals surface area contributed by atoms with Gasteiger partial charge < -0.3 is 25.5 Å². The van der Waals surface area contributed by atoms with E-state index < -0.39 is 11.7 Å². The zero-order valence-electron chi connectivity index (χ0n) is 19.3. The topological polar surface area (TPSA) is 133 Å². The van der Waals surface area contributed by atoms with Crippen LogP contribution in [0.1, 0.15) is 33.6 Å². The number of methoxy groups -OCH3 is 1. The first-order chi connectivity index (χ1) is 15.8. The van der Waals surface area contributed by atoms with E-state index in [1.54, 1.807) is 7.11 Å². The molecule has 10 nitrogen and oxygen atoms in total. The van der Waals surface area contributed by atoms with Gasteiger partial charge in [0.15, 0.2) is 5.65 Å². The van der Waals surface area contributed by atoms with Crippen LogP contribution < -0.4 is 15.8 Å². The van der Waals surface area contributed by atoms with Gasteiger partial charge in [0, 0.05) is 18.5 Å². The Balaban J connectivity index is 1.53. The van der Waals surface area contributed by atoms with Crippen LogP contribution in [-0.2, 0) is 11.3 Å². The Hall–Kier alpha value is -3.82. The Bertz CT molecular complexity index is 1290. The highest BCUT2D eigenvalue weighted by Gasteiger charge is 2.19. The summed E-state index contributed by atoms with van der Waals surface area (Å²) in [6.07, 6.45) is 2.58. The van der Waals surface area contributed by atoms with E-state index in [4.69, 9.17) is 20.3 Å². The molecule has 0 aliphatic carbocycles. The first-order valence-electron chi connectivity index (χ1n) is 10.9. The van der Waals surface area contributed by atoms with E-state index in [9.17, 15) is 4.79 Å². The highest BCUT2D eigenvalue weighted by atomic mass is 16.6. The first kappa shape index (κ1) is 22.4. The molecule has 0 radical (unpaired) electrons. The molecule has 4 N–H and O–H groups in total. The summed E-state index contributed by atoms with van der Waals surface area (Å²) in [7, 11) is 1.64. The van der Waals surface area contributed by atoms with Gasteiger partial charge in [0.25, 0.3) is 0 Å². The fraction of sp³-hybridized carbons (Fsp3) is 0.391. The summed E-state index contributed by atoms with van der Waals surface area (Å²) in [5, 5.41) is 9.29. The molecule has 0 saturated carbocycles. The summed E-state index contributed by atoms with van der Waals surface area (Å²) < 4.78 is 12.6. The zero-order valence-corrected chi connectivity index (χ0v) is 19.3. The van der Waals surface area contributed by atoms with E-state index in [0.717, 1.165) is 35.2 Å². The molecule has 3 heterocycles. The second-order valence-electron chi connectivity index (χ2n) is 8.77. The number of aromatic amines is 1. The molecule has 10 heteroatoms. The molecule has 174 valence electrons. The number of nitrogens with two attached hydrogens (primary N) is 1. The molecule has 0 fully saturated rings. The molecular formula is C23H29N7O3. The van der Waals surface area contributed by atoms with Gasteiger partial charge in [-0.2, -0.15) is 5.10 Å². The Morgan fingerprint density at radius 2 is 2.06 bits per heavy atom. The molecule has 4 aromatic rings. The molecular weight excluding hydrogens is 422 g/mol. The lowest BCUT2D eigenvalue weighted by Crippen LogP contribution is -2.33. The van der Waals surface area contributed by atoms with Crippen LogP contribution >= 0.6 is 0 Å². The molecule has 0 spiro atoms. The lowest BCUT2D eigenvalue weighted by molar-refractivity contribution is 0.0527. The van der Waals surface area contributed by atoms with Crippen molar-refractivity contribution in [3.05, 3.63) is 30.6 Å². The molecule has 33 heavy (non-hydrogen) atoms. The molecule has 4 rings (SSSR count). The van der Waals surface area contributed by atoms with Gasteiger partial charge in [0.2, 0.25) is 0 Å². The molecule has 3 aromatic heterocycles. The van der Waals surface area contributed by atoms with E-state index in [2.05, 4.69) is 20.3 Å². The predicted molar refractivity (Wildman–Crippen MR) is 127 cm³/mol. The summed E-state index contributed by atoms with van der Waals surface area (Å²) in [4.78, 5) is 23.8. The zero-order chi connectivity index (χ0) is 23.6. The first-order valence-corrected chi connectivity index (χ1v) is 10.9. The number of fused-ring (bicyclic) bond motifs is 2. The number of carbonyl (C=O) groups is 1. The maximum Gasteiger partial charge on any atom is 0.407 e. The fourth-order valence-electron chi connectivity index (χ4n) is 3.69. The van der Waals surface area contributed by atoms with Gasteiger partial charge in [-0.05, 0) is 45.7 Å². The number of nitrogen functional groups attached to an aromatic ring is 1. The van der Waals surface area contributed by atoms with Gasteiger partial charge in [0.1, 0.15) is 29.2 Å². The van der Waals surface area contributed by atoms with Crippen molar-refractivity contribution in [2.75, 3.05) is 19.4 Å². The largest absolute Gasteiger partial charge is 0.495 e. The lowest BCUT2D eigenvalue weighted by Gasteiger charge is -2.19. The van der Waals surface area contributed by atoms with Gasteiger partial charge in [-0.1, -0.05) is 12.1 Å². The van der Waals surface area contributed by atoms with Crippen LogP contribution in [0.2, 0.25) is 0 Å². The lowest BCUT2D eigenvalue weighted by atomic mass is 10.2. The molecule has 0 atom stereocenters. The van der Waals surface area contributed by atoms with Gasteiger partial charge in [-0.25, -0.2) is 19.4 Å². The predicted octanol–water partition coefficient (Wildman–Crippen LogP) is 3.87. The summed E-state index contributed by atoms with van der Waals surface area (Å²) in [6.45, 7) is 6.64. The van der Waals surface area contributed by atoms with Crippen molar-refractivity contribution in [1.29, 1.82) is 0 Å². The summed E-state index contributed by atoms with van der Waals surface area (Å²) in [5.41, 5.74) is 8.76. The number of anilines is 1. The van der Waals surface area contributed by atoms with Crippen LogP contribution in [0.25, 0.3) is 33.3 Å². The quantitative estimate of drug-likeness (QED) is 0.363. The average molecular weight is 452 g/mol. The Morgan fingerprint density at radius 3 is 2.82 bits per heavy atom. The molecule has 0 aliphatic heterocycles. The van der Waals surface area contributed by atoms with Crippen LogP contribution in [0, 0.1) is 0 Å². The smallest absolute Gasteiger partial charge is 0.407 e. The third-order valence-electron chi connectivity index (χ3n) is 5.12. The second kappa shape index (κ2) is 8.97. The standard InChI is InChI=1S/C23H29N7O3/c1-23(2,3)33-22(31)25-10-5-6-11-30-21-17(20(24)26-13-27-21)19(29-30)15-12-14-8-7-9-16(32-4)18(14)28-15/h7-9,12-13,28H,5-6,10-11H2,1-4H3,(H,25,31)(H2,24,26,27). The van der Waals surface area contributed by atoms with E-state index in [1.807, 2.05) is 49.7 Å². The molecule has 0 saturated heterocycles. The Labute approximate surface area is 191 Å². The van der Waals surface area contributed by atoms with E-state index in [0.29, 0.717) is 35.6 Å². The van der Waals surface area contributed by atoms with Crippen molar-refractivity contribution in [2.24, 2.45) is 0 Å². The SMILES string of the molecule is COc1cccc2cc(-c3nn(CCCCNC(=O)OC(C)(C)C)c4ncnc(N)c34)[nH]c12. The number of aromatic nitrogens is 5. The van der Waals surface area contributed by atoms with Crippen LogP contribution in [0.3, 0.4) is 0 Å². The van der Waals surface area contributed by atoms with Crippen LogP contribution in [0.4, 0.5) is 10.6 Å². The number of unbranched alkanes of at least 4 members (excludes halogenated alkanes) is 1. The van der Waals surface area contributed by atoms with Crippen LogP contribution in [0.5, 0.6) is 5.75 Å². The number of rotatable bonds is 7. The van der Waals surface area contributed by atoms with Gasteiger partial charge in [0.05, 0.1) is 23.7 Å². The Kier molecular flexibility index (Phi) is 6.08. The number of carbonyl (C=O) groups excluding carboxylic acids is 1. The van der Waals surface area contributed by atoms with Gasteiger partial charge in [-0.15, -0.1) is 0 Å². The highest BCUT2D eigenvalue weighted by molar-refractivity contribution is 6.00. The number of amides is 1. The number of hydrogen-bond donors (Lipinski definition) is 3. The minimum Gasteiger partial charge on any atom is -0.495 e. The second-order valence-corrected chi connectivity index (χ2v) is 8.77.